The van der Waals surface area contributed by atoms with E-state index in [-0.39, 0.29) is 17.4 Å². The van der Waals surface area contributed by atoms with Crippen molar-refractivity contribution < 1.29 is 14.3 Å². The quantitative estimate of drug-likeness (QED) is 0.883. The number of nitrogens with zero attached hydrogens (tertiary/aromatic N) is 1. The molecule has 0 atom stereocenters. The van der Waals surface area contributed by atoms with Gasteiger partial charge < -0.3 is 10.1 Å². The molecule has 0 saturated heterocycles. The van der Waals surface area contributed by atoms with Crippen LogP contribution in [0.3, 0.4) is 0 Å². The summed E-state index contributed by atoms with van der Waals surface area (Å²) in [6.45, 7) is 1.29. The minimum absolute atomic E-state index is 0.209. The molecular weight excluding hydrogens is 280 g/mol. The highest BCUT2D eigenvalue weighted by atomic mass is 35.5. The van der Waals surface area contributed by atoms with Crippen molar-refractivity contribution >= 4 is 29.2 Å². The maximum atomic E-state index is 11.9. The first-order chi connectivity index (χ1) is 9.54. The lowest BCUT2D eigenvalue weighted by molar-refractivity contribution is -0.131. The summed E-state index contributed by atoms with van der Waals surface area (Å²) in [4.78, 5) is 26.6. The molecule has 0 aliphatic heterocycles. The van der Waals surface area contributed by atoms with Crippen molar-refractivity contribution in [2.24, 2.45) is 0 Å². The van der Waals surface area contributed by atoms with Crippen molar-refractivity contribution in [2.45, 2.75) is 6.92 Å². The number of pyridine rings is 1. The van der Waals surface area contributed by atoms with Gasteiger partial charge in [-0.1, -0.05) is 17.7 Å². The zero-order valence-electron chi connectivity index (χ0n) is 10.6. The van der Waals surface area contributed by atoms with E-state index in [9.17, 15) is 9.59 Å². The Labute approximate surface area is 120 Å². The van der Waals surface area contributed by atoms with Crippen LogP contribution in [0.15, 0.2) is 42.6 Å². The van der Waals surface area contributed by atoms with Gasteiger partial charge >= 0.3 is 5.97 Å². The molecule has 0 spiro atoms. The van der Waals surface area contributed by atoms with E-state index in [1.807, 2.05) is 0 Å². The number of aromatic nitrogens is 1. The number of hydrogen-bond acceptors (Lipinski definition) is 4. The van der Waals surface area contributed by atoms with Gasteiger partial charge in [0, 0.05) is 17.6 Å². The lowest BCUT2D eigenvalue weighted by Crippen LogP contribution is -2.13. The van der Waals surface area contributed by atoms with Crippen LogP contribution in [0, 0.1) is 0 Å². The number of nitrogens with one attached hydrogen (secondary N) is 1. The molecule has 0 radical (unpaired) electrons. The van der Waals surface area contributed by atoms with Crippen molar-refractivity contribution in [1.29, 1.82) is 0 Å². The van der Waals surface area contributed by atoms with Crippen molar-refractivity contribution in [2.75, 3.05) is 5.32 Å². The highest BCUT2D eigenvalue weighted by Gasteiger charge is 2.08. The number of halogens is 1. The number of hydrogen-bond donors (Lipinski definition) is 1. The predicted molar refractivity (Wildman–Crippen MR) is 75.0 cm³/mol. The van der Waals surface area contributed by atoms with Gasteiger partial charge in [0.05, 0.1) is 6.20 Å². The zero-order valence-corrected chi connectivity index (χ0v) is 11.3. The summed E-state index contributed by atoms with van der Waals surface area (Å²) < 4.78 is 4.83. The zero-order chi connectivity index (χ0) is 14.5. The van der Waals surface area contributed by atoms with Crippen molar-refractivity contribution in [3.63, 3.8) is 0 Å². The van der Waals surface area contributed by atoms with Gasteiger partial charge in [-0.05, 0) is 30.3 Å². The van der Waals surface area contributed by atoms with Crippen LogP contribution >= 0.6 is 11.6 Å². The SMILES string of the molecule is CC(=O)Oc1ccc(C(=O)Nc2cccc(Cl)c2)nc1. The molecule has 0 aliphatic rings. The fourth-order valence-electron chi connectivity index (χ4n) is 1.50. The van der Waals surface area contributed by atoms with E-state index in [1.165, 1.54) is 25.3 Å². The lowest BCUT2D eigenvalue weighted by Gasteiger charge is -2.05. The second-order valence-electron chi connectivity index (χ2n) is 3.94. The molecule has 5 nitrogen and oxygen atoms in total. The van der Waals surface area contributed by atoms with Gasteiger partial charge in [-0.15, -0.1) is 0 Å². The molecule has 6 heteroatoms. The van der Waals surface area contributed by atoms with Gasteiger partial charge in [-0.3, -0.25) is 9.59 Å². The Balaban J connectivity index is 2.07. The monoisotopic (exact) mass is 290 g/mol. The van der Waals surface area contributed by atoms with E-state index in [1.54, 1.807) is 24.3 Å². The minimum Gasteiger partial charge on any atom is -0.425 e. The summed E-state index contributed by atoms with van der Waals surface area (Å²) >= 11 is 5.83. The van der Waals surface area contributed by atoms with Crippen molar-refractivity contribution in [3.8, 4) is 5.75 Å². The Bertz CT molecular complexity index is 641. The van der Waals surface area contributed by atoms with Gasteiger partial charge in [-0.2, -0.15) is 0 Å². The fraction of sp³-hybridized carbons (Fsp3) is 0.0714. The third-order valence-corrected chi connectivity index (χ3v) is 2.55. The smallest absolute Gasteiger partial charge is 0.308 e. The molecule has 1 amide bonds. The number of benzene rings is 1. The first kappa shape index (κ1) is 14.0. The summed E-state index contributed by atoms with van der Waals surface area (Å²) in [5.41, 5.74) is 0.786. The number of amides is 1. The largest absolute Gasteiger partial charge is 0.425 e. The fourth-order valence-corrected chi connectivity index (χ4v) is 1.69. The van der Waals surface area contributed by atoms with Crippen LogP contribution in [0.1, 0.15) is 17.4 Å². The Hall–Kier alpha value is -2.40. The first-order valence-electron chi connectivity index (χ1n) is 5.76. The Morgan fingerprint density at radius 2 is 2.05 bits per heavy atom. The van der Waals surface area contributed by atoms with E-state index in [4.69, 9.17) is 16.3 Å². The molecule has 20 heavy (non-hydrogen) atoms. The summed E-state index contributed by atoms with van der Waals surface area (Å²) in [5, 5.41) is 3.19. The van der Waals surface area contributed by atoms with Crippen LogP contribution in [0.4, 0.5) is 5.69 Å². The maximum Gasteiger partial charge on any atom is 0.308 e. The molecule has 0 aliphatic carbocycles. The van der Waals surface area contributed by atoms with Gasteiger partial charge in [0.25, 0.3) is 5.91 Å². The molecular formula is C14H11ClN2O3. The summed E-state index contributed by atoms with van der Waals surface area (Å²) in [6, 6.07) is 9.77. The minimum atomic E-state index is -0.442. The summed E-state index contributed by atoms with van der Waals surface area (Å²) in [7, 11) is 0. The maximum absolute atomic E-state index is 11.9. The lowest BCUT2D eigenvalue weighted by atomic mass is 10.3. The highest BCUT2D eigenvalue weighted by Crippen LogP contribution is 2.16. The van der Waals surface area contributed by atoms with Crippen LogP contribution in [0.5, 0.6) is 5.75 Å². The van der Waals surface area contributed by atoms with Crippen LogP contribution in [0.2, 0.25) is 5.02 Å². The number of anilines is 1. The molecule has 1 heterocycles. The topological polar surface area (TPSA) is 68.3 Å². The first-order valence-corrected chi connectivity index (χ1v) is 6.14. The number of carbonyl (C=O) groups excluding carboxylic acids is 2. The van der Waals surface area contributed by atoms with Crippen LogP contribution in [0.25, 0.3) is 0 Å². The number of carbonyl (C=O) groups is 2. The number of esters is 1. The Morgan fingerprint density at radius 1 is 1.25 bits per heavy atom. The van der Waals surface area contributed by atoms with Gasteiger partial charge in [0.1, 0.15) is 11.4 Å². The van der Waals surface area contributed by atoms with Gasteiger partial charge in [0.2, 0.25) is 0 Å². The summed E-state index contributed by atoms with van der Waals surface area (Å²) in [5.74, 6) is -0.527. The second-order valence-corrected chi connectivity index (χ2v) is 4.37. The van der Waals surface area contributed by atoms with Gasteiger partial charge in [-0.25, -0.2) is 4.98 Å². The van der Waals surface area contributed by atoms with Crippen LogP contribution in [-0.2, 0) is 4.79 Å². The van der Waals surface area contributed by atoms with Crippen LogP contribution in [-0.4, -0.2) is 16.9 Å². The van der Waals surface area contributed by atoms with Gasteiger partial charge in [0.15, 0.2) is 0 Å². The molecule has 0 saturated carbocycles. The van der Waals surface area contributed by atoms with Crippen LogP contribution < -0.4 is 10.1 Å². The molecule has 0 fully saturated rings. The van der Waals surface area contributed by atoms with E-state index >= 15 is 0 Å². The Morgan fingerprint density at radius 3 is 2.65 bits per heavy atom. The normalized spacial score (nSPS) is 9.90. The van der Waals surface area contributed by atoms with E-state index in [0.717, 1.165) is 0 Å². The predicted octanol–water partition coefficient (Wildman–Crippen LogP) is 2.91. The molecule has 2 rings (SSSR count). The molecule has 1 aromatic carbocycles. The second kappa shape index (κ2) is 6.16. The van der Waals surface area contributed by atoms with Crippen molar-refractivity contribution in [1.82, 2.24) is 4.98 Å². The number of ether oxygens (including phenoxy) is 1. The average molecular weight is 291 g/mol. The molecule has 0 bridgehead atoms. The van der Waals surface area contributed by atoms with E-state index in [2.05, 4.69) is 10.3 Å². The third kappa shape index (κ3) is 3.80. The molecule has 1 aromatic heterocycles. The average Bonchev–Trinajstić information content (AvgIpc) is 2.38. The third-order valence-electron chi connectivity index (χ3n) is 2.31. The number of rotatable bonds is 3. The molecule has 102 valence electrons. The molecule has 0 unspecified atom stereocenters. The van der Waals surface area contributed by atoms with E-state index in [0.29, 0.717) is 10.7 Å². The molecule has 1 N–H and O–H groups in total. The van der Waals surface area contributed by atoms with Crippen molar-refractivity contribution in [3.05, 3.63) is 53.3 Å². The molecule has 2 aromatic rings. The summed E-state index contributed by atoms with van der Waals surface area (Å²) in [6.07, 6.45) is 1.31. The Kier molecular flexibility index (Phi) is 4.32. The van der Waals surface area contributed by atoms with E-state index < -0.39 is 5.97 Å². The highest BCUT2D eigenvalue weighted by molar-refractivity contribution is 6.30. The standard InChI is InChI=1S/C14H11ClN2O3/c1-9(18)20-12-5-6-13(16-8-12)14(19)17-11-4-2-3-10(15)7-11/h2-8H,1H3,(H,17,19).